The van der Waals surface area contributed by atoms with Crippen molar-refractivity contribution >= 4 is 23.9 Å². The first-order valence-corrected chi connectivity index (χ1v) is 6.55. The van der Waals surface area contributed by atoms with Crippen molar-refractivity contribution in [3.8, 4) is 0 Å². The van der Waals surface area contributed by atoms with Gasteiger partial charge in [0, 0.05) is 12.1 Å². The lowest BCUT2D eigenvalue weighted by Crippen LogP contribution is -2.21. The van der Waals surface area contributed by atoms with Crippen molar-refractivity contribution in [3.63, 3.8) is 0 Å². The Bertz CT molecular complexity index is 115. The molecule has 0 aliphatic carbocycles. The number of hydrogen-bond donors (Lipinski definition) is 0. The monoisotopic (exact) mass is 222 g/mol. The standard InChI is InChI=1S/C9H22N2S2/c1-8(2)10(5)12-7-13-11(6)9(3)4/h8-9H,7H2,1-6H3. The van der Waals surface area contributed by atoms with Crippen LogP contribution in [-0.4, -0.2) is 39.9 Å². The second kappa shape index (κ2) is 6.98. The van der Waals surface area contributed by atoms with Gasteiger partial charge in [0.05, 0.1) is 5.08 Å². The van der Waals surface area contributed by atoms with Crippen LogP contribution in [0.1, 0.15) is 27.7 Å². The Balaban J connectivity index is 3.45. The highest BCUT2D eigenvalue weighted by molar-refractivity contribution is 8.13. The largest absolute Gasteiger partial charge is 0.250 e. The second-order valence-electron chi connectivity index (χ2n) is 3.66. The minimum absolute atomic E-state index is 0.620. The van der Waals surface area contributed by atoms with E-state index in [2.05, 4.69) is 50.4 Å². The summed E-state index contributed by atoms with van der Waals surface area (Å²) in [6.45, 7) is 8.85. The first kappa shape index (κ1) is 13.6. The maximum atomic E-state index is 2.29. The normalized spacial score (nSPS) is 12.5. The van der Waals surface area contributed by atoms with Crippen LogP contribution in [0.3, 0.4) is 0 Å². The van der Waals surface area contributed by atoms with Crippen molar-refractivity contribution in [1.82, 2.24) is 8.61 Å². The minimum atomic E-state index is 0.620. The molecule has 0 amide bonds. The third kappa shape index (κ3) is 6.66. The van der Waals surface area contributed by atoms with E-state index in [1.54, 1.807) is 0 Å². The van der Waals surface area contributed by atoms with Gasteiger partial charge in [-0.25, -0.2) is 0 Å². The molecule has 13 heavy (non-hydrogen) atoms. The zero-order valence-corrected chi connectivity index (χ0v) is 11.2. The van der Waals surface area contributed by atoms with Crippen molar-refractivity contribution in [3.05, 3.63) is 0 Å². The van der Waals surface area contributed by atoms with Crippen LogP contribution in [-0.2, 0) is 0 Å². The lowest BCUT2D eigenvalue weighted by molar-refractivity contribution is 0.465. The predicted octanol–water partition coefficient (Wildman–Crippen LogP) is 2.92. The molecule has 0 radical (unpaired) electrons. The van der Waals surface area contributed by atoms with Gasteiger partial charge in [-0.15, -0.1) is 0 Å². The Morgan fingerprint density at radius 2 is 1.15 bits per heavy atom. The highest BCUT2D eigenvalue weighted by Gasteiger charge is 2.06. The van der Waals surface area contributed by atoms with Gasteiger partial charge < -0.3 is 0 Å². The topological polar surface area (TPSA) is 6.48 Å². The van der Waals surface area contributed by atoms with E-state index in [1.165, 1.54) is 0 Å². The summed E-state index contributed by atoms with van der Waals surface area (Å²) in [6.07, 6.45) is 0. The molecule has 0 aromatic carbocycles. The Morgan fingerprint density at radius 3 is 1.38 bits per heavy atom. The molecular weight excluding hydrogens is 200 g/mol. The summed E-state index contributed by atoms with van der Waals surface area (Å²) in [7, 11) is 4.29. The van der Waals surface area contributed by atoms with Gasteiger partial charge in [0.1, 0.15) is 0 Å². The smallest absolute Gasteiger partial charge is 0.0687 e. The fraction of sp³-hybridized carbons (Fsp3) is 1.00. The van der Waals surface area contributed by atoms with Crippen molar-refractivity contribution in [2.24, 2.45) is 0 Å². The minimum Gasteiger partial charge on any atom is -0.250 e. The SMILES string of the molecule is CC(C)N(C)SCSN(C)C(C)C. The Morgan fingerprint density at radius 1 is 0.846 bits per heavy atom. The second-order valence-corrected chi connectivity index (χ2v) is 6.27. The molecule has 0 rings (SSSR count). The molecule has 80 valence electrons. The summed E-state index contributed by atoms with van der Waals surface area (Å²) in [5.74, 6) is 0. The molecule has 4 heteroatoms. The van der Waals surface area contributed by atoms with Gasteiger partial charge in [0.2, 0.25) is 0 Å². The average Bonchev–Trinajstić information content (AvgIpc) is 2.03. The van der Waals surface area contributed by atoms with Gasteiger partial charge in [-0.2, -0.15) is 0 Å². The van der Waals surface area contributed by atoms with Crippen LogP contribution >= 0.6 is 23.9 Å². The summed E-state index contributed by atoms with van der Waals surface area (Å²) >= 11 is 3.77. The van der Waals surface area contributed by atoms with Crippen molar-refractivity contribution < 1.29 is 0 Å². The lowest BCUT2D eigenvalue weighted by atomic mass is 10.4. The summed E-state index contributed by atoms with van der Waals surface area (Å²) in [4.78, 5) is 0. The fourth-order valence-corrected chi connectivity index (χ4v) is 2.60. The van der Waals surface area contributed by atoms with E-state index in [0.717, 1.165) is 5.08 Å². The van der Waals surface area contributed by atoms with Crippen molar-refractivity contribution in [2.75, 3.05) is 19.2 Å². The Kier molecular flexibility index (Phi) is 7.32. The molecule has 0 fully saturated rings. The van der Waals surface area contributed by atoms with E-state index in [0.29, 0.717) is 12.1 Å². The molecule has 2 nitrogen and oxygen atoms in total. The molecule has 0 spiro atoms. The van der Waals surface area contributed by atoms with Crippen LogP contribution in [0.2, 0.25) is 0 Å². The molecule has 0 atom stereocenters. The van der Waals surface area contributed by atoms with Gasteiger partial charge in [-0.05, 0) is 41.8 Å². The van der Waals surface area contributed by atoms with Crippen LogP contribution in [0.4, 0.5) is 0 Å². The zero-order chi connectivity index (χ0) is 10.4. The molecular formula is C9H22N2S2. The molecule has 0 saturated carbocycles. The van der Waals surface area contributed by atoms with E-state index >= 15 is 0 Å². The van der Waals surface area contributed by atoms with E-state index in [1.807, 2.05) is 23.9 Å². The summed E-state index contributed by atoms with van der Waals surface area (Å²) in [5, 5.41) is 1.10. The summed E-state index contributed by atoms with van der Waals surface area (Å²) in [6, 6.07) is 1.24. The quantitative estimate of drug-likeness (QED) is 0.503. The first-order chi connectivity index (χ1) is 5.95. The van der Waals surface area contributed by atoms with Crippen LogP contribution < -0.4 is 0 Å². The molecule has 0 aromatic rings. The van der Waals surface area contributed by atoms with E-state index in [-0.39, 0.29) is 0 Å². The van der Waals surface area contributed by atoms with E-state index in [9.17, 15) is 0 Å². The van der Waals surface area contributed by atoms with Crippen LogP contribution in [0.5, 0.6) is 0 Å². The maximum Gasteiger partial charge on any atom is 0.0687 e. The van der Waals surface area contributed by atoms with Gasteiger partial charge in [0.15, 0.2) is 0 Å². The third-order valence-electron chi connectivity index (χ3n) is 1.97. The molecule has 0 N–H and O–H groups in total. The van der Waals surface area contributed by atoms with Crippen LogP contribution in [0.25, 0.3) is 0 Å². The molecule has 0 aliphatic heterocycles. The van der Waals surface area contributed by atoms with Gasteiger partial charge in [0.25, 0.3) is 0 Å². The molecule has 0 saturated heterocycles. The Hall–Kier alpha value is 0.620. The van der Waals surface area contributed by atoms with Gasteiger partial charge >= 0.3 is 0 Å². The van der Waals surface area contributed by atoms with Crippen LogP contribution in [0, 0.1) is 0 Å². The van der Waals surface area contributed by atoms with Crippen LogP contribution in [0.15, 0.2) is 0 Å². The number of rotatable bonds is 6. The molecule has 0 unspecified atom stereocenters. The molecule has 0 aromatic heterocycles. The average molecular weight is 222 g/mol. The molecule has 0 aliphatic rings. The van der Waals surface area contributed by atoms with E-state index in [4.69, 9.17) is 0 Å². The lowest BCUT2D eigenvalue weighted by Gasteiger charge is -2.23. The number of hydrogen-bond acceptors (Lipinski definition) is 4. The van der Waals surface area contributed by atoms with Crippen molar-refractivity contribution in [2.45, 2.75) is 39.8 Å². The molecule has 0 bridgehead atoms. The third-order valence-corrected chi connectivity index (χ3v) is 4.47. The fourth-order valence-electron chi connectivity index (χ4n) is 0.488. The summed E-state index contributed by atoms with van der Waals surface area (Å²) in [5.41, 5.74) is 0. The highest BCUT2D eigenvalue weighted by atomic mass is 32.2. The summed E-state index contributed by atoms with van der Waals surface area (Å²) < 4.78 is 4.59. The first-order valence-electron chi connectivity index (χ1n) is 4.66. The number of nitrogens with zero attached hydrogens (tertiary/aromatic N) is 2. The maximum absolute atomic E-state index is 2.29. The predicted molar refractivity (Wildman–Crippen MR) is 65.8 cm³/mol. The Labute approximate surface area is 91.7 Å². The van der Waals surface area contributed by atoms with Gasteiger partial charge in [-0.3, -0.25) is 8.61 Å². The molecule has 0 heterocycles. The highest BCUT2D eigenvalue weighted by Crippen LogP contribution is 2.20. The van der Waals surface area contributed by atoms with Gasteiger partial charge in [-0.1, -0.05) is 23.9 Å². The van der Waals surface area contributed by atoms with E-state index < -0.39 is 0 Å². The van der Waals surface area contributed by atoms with Crippen molar-refractivity contribution in [1.29, 1.82) is 0 Å². The zero-order valence-electron chi connectivity index (χ0n) is 9.57.